The van der Waals surface area contributed by atoms with Crippen molar-refractivity contribution in [2.45, 2.75) is 12.8 Å². The smallest absolute Gasteiger partial charge is 0.117 e. The van der Waals surface area contributed by atoms with Crippen LogP contribution in [-0.2, 0) is 0 Å². The van der Waals surface area contributed by atoms with Crippen LogP contribution in [0.25, 0.3) is 0 Å². The highest BCUT2D eigenvalue weighted by Crippen LogP contribution is 2.28. The summed E-state index contributed by atoms with van der Waals surface area (Å²) in [7, 11) is 0. The normalized spacial score (nSPS) is 24.3. The van der Waals surface area contributed by atoms with Gasteiger partial charge in [0.1, 0.15) is 11.8 Å². The summed E-state index contributed by atoms with van der Waals surface area (Å²) >= 11 is 0. The van der Waals surface area contributed by atoms with Gasteiger partial charge in [0.05, 0.1) is 0 Å². The van der Waals surface area contributed by atoms with Gasteiger partial charge in [-0.2, -0.15) is 5.26 Å². The fraction of sp³-hybridized carbons (Fsp3) is 0.625. The molecule has 3 aliphatic heterocycles. The van der Waals surface area contributed by atoms with Crippen molar-refractivity contribution < 1.29 is 0 Å². The van der Waals surface area contributed by atoms with E-state index in [0.29, 0.717) is 5.92 Å². The van der Waals surface area contributed by atoms with Crippen LogP contribution in [-0.4, -0.2) is 18.0 Å². The van der Waals surface area contributed by atoms with E-state index < -0.39 is 0 Å². The van der Waals surface area contributed by atoms with E-state index >= 15 is 0 Å². The Hall–Kier alpha value is -0.970. The van der Waals surface area contributed by atoms with Crippen molar-refractivity contribution in [3.8, 4) is 6.07 Å². The molecule has 0 aromatic heterocycles. The molecule has 0 unspecified atom stereocenters. The predicted molar refractivity (Wildman–Crippen MR) is 38.0 cm³/mol. The summed E-state index contributed by atoms with van der Waals surface area (Å²) in [6.07, 6.45) is 4.63. The highest BCUT2D eigenvalue weighted by molar-refractivity contribution is 5.24. The molecule has 2 nitrogen and oxygen atoms in total. The van der Waals surface area contributed by atoms with E-state index in [-0.39, 0.29) is 0 Å². The largest absolute Gasteiger partial charge is 0.363 e. The molecule has 0 atom stereocenters. The maximum absolute atomic E-state index is 8.65. The molecular weight excluding hydrogens is 124 g/mol. The van der Waals surface area contributed by atoms with Gasteiger partial charge in [0.15, 0.2) is 0 Å². The first-order valence-electron chi connectivity index (χ1n) is 3.77. The number of rotatable bonds is 0. The summed E-state index contributed by atoms with van der Waals surface area (Å²) in [6.45, 7) is 2.20. The molecule has 0 N–H and O–H groups in total. The van der Waals surface area contributed by atoms with Gasteiger partial charge in [0.2, 0.25) is 0 Å². The van der Waals surface area contributed by atoms with Crippen molar-refractivity contribution >= 4 is 0 Å². The first-order chi connectivity index (χ1) is 4.90. The van der Waals surface area contributed by atoms with Crippen LogP contribution >= 0.6 is 0 Å². The number of allylic oxidation sites excluding steroid dienone is 2. The van der Waals surface area contributed by atoms with Crippen LogP contribution in [0, 0.1) is 17.2 Å². The molecule has 0 amide bonds. The summed E-state index contributed by atoms with van der Waals surface area (Å²) in [4.78, 5) is 2.18. The molecule has 3 rings (SSSR count). The van der Waals surface area contributed by atoms with Gasteiger partial charge in [-0.25, -0.2) is 0 Å². The Kier molecular flexibility index (Phi) is 1.17. The first-order valence-corrected chi connectivity index (χ1v) is 3.77. The van der Waals surface area contributed by atoms with Gasteiger partial charge >= 0.3 is 0 Å². The van der Waals surface area contributed by atoms with E-state index in [2.05, 4.69) is 17.0 Å². The van der Waals surface area contributed by atoms with Crippen molar-refractivity contribution in [1.82, 2.24) is 4.90 Å². The predicted octanol–water partition coefficient (Wildman–Crippen LogP) is 1.12. The van der Waals surface area contributed by atoms with Crippen LogP contribution in [0.4, 0.5) is 0 Å². The van der Waals surface area contributed by atoms with Gasteiger partial charge in [-0.3, -0.25) is 0 Å². The lowest BCUT2D eigenvalue weighted by Crippen LogP contribution is -2.36. The number of piperidine rings is 1. The second-order valence-corrected chi connectivity index (χ2v) is 2.99. The van der Waals surface area contributed by atoms with Gasteiger partial charge in [-0.05, 0) is 24.8 Å². The lowest BCUT2D eigenvalue weighted by molar-refractivity contribution is 0.229. The van der Waals surface area contributed by atoms with Crippen molar-refractivity contribution in [3.63, 3.8) is 0 Å². The molecular formula is C8H10N2. The quantitative estimate of drug-likeness (QED) is 0.496. The van der Waals surface area contributed by atoms with Crippen LogP contribution in [0.2, 0.25) is 0 Å². The minimum Gasteiger partial charge on any atom is -0.363 e. The summed E-state index contributed by atoms with van der Waals surface area (Å²) in [5.41, 5.74) is 0.905. The van der Waals surface area contributed by atoms with Crippen LogP contribution in [0.1, 0.15) is 12.8 Å². The molecule has 0 aromatic rings. The molecule has 0 saturated carbocycles. The summed E-state index contributed by atoms with van der Waals surface area (Å²) in [6, 6.07) is 2.22. The molecule has 1 saturated heterocycles. The monoisotopic (exact) mass is 134 g/mol. The third-order valence-corrected chi connectivity index (χ3v) is 2.39. The summed E-state index contributed by atoms with van der Waals surface area (Å²) in [5, 5.41) is 8.65. The third-order valence-electron chi connectivity index (χ3n) is 2.39. The van der Waals surface area contributed by atoms with Crippen molar-refractivity contribution in [2.24, 2.45) is 5.92 Å². The second kappa shape index (κ2) is 2.02. The van der Waals surface area contributed by atoms with E-state index in [0.717, 1.165) is 18.8 Å². The molecule has 1 fully saturated rings. The molecule has 3 heterocycles. The molecule has 0 spiro atoms. The molecule has 0 aliphatic carbocycles. The minimum atomic E-state index is 0.708. The molecule has 3 aliphatic rings. The van der Waals surface area contributed by atoms with Crippen LogP contribution < -0.4 is 0 Å². The lowest BCUT2D eigenvalue weighted by atomic mass is 9.91. The first kappa shape index (κ1) is 5.79. The average Bonchev–Trinajstić information content (AvgIpc) is 2.06. The van der Waals surface area contributed by atoms with Crippen LogP contribution in [0.15, 0.2) is 11.8 Å². The topological polar surface area (TPSA) is 27.0 Å². The number of nitrogens with zero attached hydrogens (tertiary/aromatic N) is 2. The zero-order valence-electron chi connectivity index (χ0n) is 5.88. The molecule has 52 valence electrons. The van der Waals surface area contributed by atoms with Gasteiger partial charge in [0, 0.05) is 13.1 Å². The van der Waals surface area contributed by atoms with Crippen molar-refractivity contribution in [1.29, 1.82) is 5.26 Å². The van der Waals surface area contributed by atoms with E-state index in [4.69, 9.17) is 5.26 Å². The Labute approximate surface area is 60.7 Å². The third kappa shape index (κ3) is 0.706. The molecule has 2 bridgehead atoms. The fourth-order valence-corrected chi connectivity index (χ4v) is 1.74. The Morgan fingerprint density at radius 3 is 2.50 bits per heavy atom. The summed E-state index contributed by atoms with van der Waals surface area (Å²) in [5.74, 6) is 0.708. The number of fused-ring (bicyclic) bond motifs is 2. The fourth-order valence-electron chi connectivity index (χ4n) is 1.74. The highest BCUT2D eigenvalue weighted by atomic mass is 15.1. The van der Waals surface area contributed by atoms with E-state index in [1.54, 1.807) is 0 Å². The Morgan fingerprint density at radius 1 is 1.50 bits per heavy atom. The molecule has 0 radical (unpaired) electrons. The Balaban J connectivity index is 2.29. The van der Waals surface area contributed by atoms with E-state index in [1.807, 2.05) is 0 Å². The highest BCUT2D eigenvalue weighted by Gasteiger charge is 2.25. The zero-order chi connectivity index (χ0) is 6.97. The Bertz CT molecular complexity index is 204. The molecule has 0 aromatic carbocycles. The molecule has 10 heavy (non-hydrogen) atoms. The van der Waals surface area contributed by atoms with Gasteiger partial charge in [-0.1, -0.05) is 0 Å². The zero-order valence-corrected chi connectivity index (χ0v) is 5.88. The Morgan fingerprint density at radius 2 is 2.20 bits per heavy atom. The maximum atomic E-state index is 8.65. The van der Waals surface area contributed by atoms with E-state index in [9.17, 15) is 0 Å². The molecule has 2 heteroatoms. The van der Waals surface area contributed by atoms with Crippen LogP contribution in [0.5, 0.6) is 0 Å². The second-order valence-electron chi connectivity index (χ2n) is 2.99. The maximum Gasteiger partial charge on any atom is 0.117 e. The van der Waals surface area contributed by atoms with Crippen molar-refractivity contribution in [2.75, 3.05) is 13.1 Å². The summed E-state index contributed by atoms with van der Waals surface area (Å²) < 4.78 is 0. The van der Waals surface area contributed by atoms with Gasteiger partial charge in [0.25, 0.3) is 0 Å². The number of hydrogen-bond acceptors (Lipinski definition) is 2. The standard InChI is InChI=1S/C8H10N2/c9-6-8-5-7-1-3-10(8)4-2-7/h5,7H,1-4H2. The SMILES string of the molecule is N#CC1=CC2CCN1CC2. The lowest BCUT2D eigenvalue weighted by Gasteiger charge is -2.37. The average molecular weight is 134 g/mol. The minimum absolute atomic E-state index is 0.708. The van der Waals surface area contributed by atoms with Crippen molar-refractivity contribution in [3.05, 3.63) is 11.8 Å². The number of nitriles is 1. The van der Waals surface area contributed by atoms with Gasteiger partial charge in [-0.15, -0.1) is 0 Å². The van der Waals surface area contributed by atoms with Crippen LogP contribution in [0.3, 0.4) is 0 Å². The number of hydrogen-bond donors (Lipinski definition) is 0. The van der Waals surface area contributed by atoms with E-state index in [1.165, 1.54) is 12.8 Å². The van der Waals surface area contributed by atoms with Gasteiger partial charge < -0.3 is 4.90 Å².